The summed E-state index contributed by atoms with van der Waals surface area (Å²) in [5.74, 6) is -2.13. The topological polar surface area (TPSA) is 237 Å². The third-order valence-corrected chi connectivity index (χ3v) is 18.0. The Hall–Kier alpha value is -1.94. The van der Waals surface area contributed by atoms with Crippen LogP contribution in [0, 0.1) is 0 Å². The molecule has 522 valence electrons. The van der Waals surface area contributed by atoms with Crippen LogP contribution in [-0.4, -0.2) is 96.7 Å². The second-order valence-corrected chi connectivity index (χ2v) is 27.8. The highest BCUT2D eigenvalue weighted by Gasteiger charge is 2.30. The molecule has 0 aliphatic rings. The number of esters is 4. The van der Waals surface area contributed by atoms with Crippen molar-refractivity contribution < 1.29 is 80.2 Å². The molecule has 0 aromatic rings. The first kappa shape index (κ1) is 86.1. The summed E-state index contributed by atoms with van der Waals surface area (Å²) in [5, 5.41) is 10.5. The maximum atomic E-state index is 13.0. The van der Waals surface area contributed by atoms with Gasteiger partial charge >= 0.3 is 39.5 Å². The zero-order valence-corrected chi connectivity index (χ0v) is 58.5. The van der Waals surface area contributed by atoms with E-state index in [-0.39, 0.29) is 25.7 Å². The molecule has 0 aliphatic heterocycles. The summed E-state index contributed by atoms with van der Waals surface area (Å²) >= 11 is 0. The highest BCUT2D eigenvalue weighted by atomic mass is 31.2. The third kappa shape index (κ3) is 62.8. The SMILES string of the molecule is CCCCCCCCCCCCCCCCCCCCCC(=O)O[C@H](COC(=O)CCCCCCCCCCCCCCCC)COP(=O)(O)OC[C@@H](O)COP(=O)(O)OC[C@@H](COC(=O)CCCCCCCCC)OC(=O)CCCCCCCCCC. The van der Waals surface area contributed by atoms with Crippen molar-refractivity contribution in [2.75, 3.05) is 39.6 Å². The van der Waals surface area contributed by atoms with Gasteiger partial charge in [-0.25, -0.2) is 9.13 Å². The van der Waals surface area contributed by atoms with E-state index in [1.807, 2.05) is 0 Å². The number of ether oxygens (including phenoxy) is 4. The van der Waals surface area contributed by atoms with Crippen LogP contribution < -0.4 is 0 Å². The van der Waals surface area contributed by atoms with Gasteiger partial charge in [0.1, 0.15) is 19.3 Å². The Bertz CT molecular complexity index is 1690. The molecule has 5 atom stereocenters. The maximum Gasteiger partial charge on any atom is 0.472 e. The fourth-order valence-corrected chi connectivity index (χ4v) is 12.1. The molecule has 0 saturated carbocycles. The molecule has 0 radical (unpaired) electrons. The number of phosphoric ester groups is 2. The number of hydrogen-bond acceptors (Lipinski definition) is 15. The van der Waals surface area contributed by atoms with Crippen LogP contribution in [0.25, 0.3) is 0 Å². The summed E-state index contributed by atoms with van der Waals surface area (Å²) < 4.78 is 68.0. The number of carbonyl (C=O) groups excluding carboxylic acids is 4. The Balaban J connectivity index is 5.15. The molecule has 0 spiro atoms. The number of aliphatic hydroxyl groups excluding tert-OH is 1. The number of rotatable bonds is 70. The quantitative estimate of drug-likeness (QED) is 0.0222. The molecule has 0 aliphatic carbocycles. The second kappa shape index (κ2) is 63.8. The molecule has 0 fully saturated rings. The lowest BCUT2D eigenvalue weighted by atomic mass is 10.0. The minimum absolute atomic E-state index is 0.105. The zero-order chi connectivity index (χ0) is 64.7. The van der Waals surface area contributed by atoms with E-state index in [4.69, 9.17) is 37.0 Å². The largest absolute Gasteiger partial charge is 0.472 e. The molecule has 19 heteroatoms. The fraction of sp³-hybridized carbons (Fsp3) is 0.942. The van der Waals surface area contributed by atoms with Crippen molar-refractivity contribution in [3.63, 3.8) is 0 Å². The van der Waals surface area contributed by atoms with Crippen molar-refractivity contribution in [2.45, 2.75) is 380 Å². The molecular formula is C69H134O17P2. The molecule has 2 unspecified atom stereocenters. The van der Waals surface area contributed by atoms with E-state index in [0.717, 1.165) is 109 Å². The van der Waals surface area contributed by atoms with E-state index in [0.29, 0.717) is 25.7 Å². The summed E-state index contributed by atoms with van der Waals surface area (Å²) in [4.78, 5) is 72.2. The first-order valence-electron chi connectivity index (χ1n) is 36.3. The highest BCUT2D eigenvalue weighted by Crippen LogP contribution is 2.45. The minimum atomic E-state index is -4.95. The van der Waals surface area contributed by atoms with Crippen LogP contribution in [0.1, 0.15) is 362 Å². The van der Waals surface area contributed by atoms with Crippen LogP contribution in [-0.2, 0) is 65.4 Å². The van der Waals surface area contributed by atoms with Crippen molar-refractivity contribution >= 4 is 39.5 Å². The van der Waals surface area contributed by atoms with Gasteiger partial charge in [-0.05, 0) is 25.7 Å². The molecule has 88 heavy (non-hydrogen) atoms. The van der Waals surface area contributed by atoms with Gasteiger partial charge in [-0.3, -0.25) is 37.3 Å². The molecule has 0 bridgehead atoms. The van der Waals surface area contributed by atoms with E-state index >= 15 is 0 Å². The number of aliphatic hydroxyl groups is 1. The number of hydrogen-bond donors (Lipinski definition) is 3. The monoisotopic (exact) mass is 1300 g/mol. The van der Waals surface area contributed by atoms with Crippen LogP contribution in [0.5, 0.6) is 0 Å². The van der Waals surface area contributed by atoms with Gasteiger partial charge in [-0.2, -0.15) is 0 Å². The van der Waals surface area contributed by atoms with E-state index in [9.17, 15) is 43.2 Å². The van der Waals surface area contributed by atoms with Gasteiger partial charge in [0.2, 0.25) is 0 Å². The fourth-order valence-electron chi connectivity index (χ4n) is 10.5. The zero-order valence-electron chi connectivity index (χ0n) is 56.7. The van der Waals surface area contributed by atoms with Crippen molar-refractivity contribution in [1.82, 2.24) is 0 Å². The summed E-state index contributed by atoms with van der Waals surface area (Å²) in [6.45, 7) is 4.87. The molecule has 0 saturated heterocycles. The van der Waals surface area contributed by atoms with Crippen molar-refractivity contribution in [2.24, 2.45) is 0 Å². The summed E-state index contributed by atoms with van der Waals surface area (Å²) in [5.41, 5.74) is 0. The summed E-state index contributed by atoms with van der Waals surface area (Å²) in [6, 6.07) is 0. The lowest BCUT2D eigenvalue weighted by molar-refractivity contribution is -0.161. The lowest BCUT2D eigenvalue weighted by Crippen LogP contribution is -2.30. The van der Waals surface area contributed by atoms with Crippen LogP contribution in [0.3, 0.4) is 0 Å². The second-order valence-electron chi connectivity index (χ2n) is 24.9. The number of phosphoric acid groups is 2. The first-order valence-corrected chi connectivity index (χ1v) is 39.3. The van der Waals surface area contributed by atoms with Gasteiger partial charge in [0.15, 0.2) is 12.2 Å². The van der Waals surface area contributed by atoms with E-state index < -0.39 is 97.5 Å². The Morgan fingerprint density at radius 3 is 0.670 bits per heavy atom. The average Bonchev–Trinajstić information content (AvgIpc) is 3.54. The predicted molar refractivity (Wildman–Crippen MR) is 354 cm³/mol. The highest BCUT2D eigenvalue weighted by molar-refractivity contribution is 7.47. The third-order valence-electron chi connectivity index (χ3n) is 16.1. The average molecular weight is 1300 g/mol. The van der Waals surface area contributed by atoms with Crippen LogP contribution in [0.4, 0.5) is 0 Å². The molecule has 0 heterocycles. The minimum Gasteiger partial charge on any atom is -0.462 e. The Labute approximate surface area is 537 Å². The van der Waals surface area contributed by atoms with E-state index in [1.165, 1.54) is 173 Å². The van der Waals surface area contributed by atoms with E-state index in [2.05, 4.69) is 27.7 Å². The smallest absolute Gasteiger partial charge is 0.462 e. The molecule has 17 nitrogen and oxygen atoms in total. The Kier molecular flexibility index (Phi) is 62.4. The molecule has 0 rings (SSSR count). The normalized spacial score (nSPS) is 14.0. The first-order chi connectivity index (χ1) is 42.7. The van der Waals surface area contributed by atoms with E-state index in [1.54, 1.807) is 0 Å². The lowest BCUT2D eigenvalue weighted by Gasteiger charge is -2.21. The van der Waals surface area contributed by atoms with Crippen molar-refractivity contribution in [3.8, 4) is 0 Å². The predicted octanol–water partition coefficient (Wildman–Crippen LogP) is 19.9. The van der Waals surface area contributed by atoms with Crippen LogP contribution in [0.15, 0.2) is 0 Å². The molecule has 0 aromatic carbocycles. The summed E-state index contributed by atoms with van der Waals surface area (Å²) in [6.07, 6.45) is 51.6. The Morgan fingerprint density at radius 1 is 0.273 bits per heavy atom. The standard InChI is InChI=1S/C69H134O17P2/c1-5-9-13-17-21-24-26-28-30-31-32-33-34-36-38-40-44-48-52-56-69(74)86-65(60-80-67(72)54-50-46-43-39-37-35-29-27-25-22-18-14-10-6-2)62-84-88(77,78)82-58-63(70)57-81-87(75,76)83-61-64(59-79-66(71)53-49-45-41-20-16-12-8-4)85-68(73)55-51-47-42-23-19-15-11-7-3/h63-65,70H,5-62H2,1-4H3,(H,75,76)(H,77,78)/t63-,64+,65+/m0/s1. The van der Waals surface area contributed by atoms with Crippen LogP contribution in [0.2, 0.25) is 0 Å². The van der Waals surface area contributed by atoms with Gasteiger partial charge in [-0.15, -0.1) is 0 Å². The van der Waals surface area contributed by atoms with Gasteiger partial charge in [0.05, 0.1) is 26.4 Å². The van der Waals surface area contributed by atoms with Gasteiger partial charge in [0.25, 0.3) is 0 Å². The van der Waals surface area contributed by atoms with Gasteiger partial charge in [0, 0.05) is 25.7 Å². The number of carbonyl (C=O) groups is 4. The maximum absolute atomic E-state index is 13.0. The Morgan fingerprint density at radius 2 is 0.455 bits per heavy atom. The van der Waals surface area contributed by atoms with Gasteiger partial charge < -0.3 is 33.8 Å². The molecular weight excluding hydrogens is 1160 g/mol. The van der Waals surface area contributed by atoms with Crippen molar-refractivity contribution in [1.29, 1.82) is 0 Å². The summed E-state index contributed by atoms with van der Waals surface area (Å²) in [7, 11) is -9.89. The number of unbranched alkanes of at least 4 members (excludes halogenated alkanes) is 44. The molecule has 0 amide bonds. The molecule has 0 aromatic heterocycles. The molecule has 3 N–H and O–H groups in total. The van der Waals surface area contributed by atoms with Crippen LogP contribution >= 0.6 is 15.6 Å². The van der Waals surface area contributed by atoms with Gasteiger partial charge in [-0.1, -0.05) is 310 Å². The van der Waals surface area contributed by atoms with Crippen molar-refractivity contribution in [3.05, 3.63) is 0 Å².